The number of nitro groups is 1. The van der Waals surface area contributed by atoms with Gasteiger partial charge >= 0.3 is 5.69 Å². The third-order valence-corrected chi connectivity index (χ3v) is 3.65. The number of nitro benzene ring substituents is 1. The summed E-state index contributed by atoms with van der Waals surface area (Å²) in [5.41, 5.74) is 0.657. The van der Waals surface area contributed by atoms with Crippen LogP contribution in [0.1, 0.15) is 35.8 Å². The highest BCUT2D eigenvalue weighted by molar-refractivity contribution is 5.95. The van der Waals surface area contributed by atoms with E-state index in [0.29, 0.717) is 6.54 Å². The van der Waals surface area contributed by atoms with Gasteiger partial charge in [-0.25, -0.2) is 0 Å². The Labute approximate surface area is 133 Å². The fourth-order valence-corrected chi connectivity index (χ4v) is 2.37. The summed E-state index contributed by atoms with van der Waals surface area (Å²) < 4.78 is 0. The van der Waals surface area contributed by atoms with Gasteiger partial charge in [0.05, 0.1) is 11.0 Å². The first kappa shape index (κ1) is 16.4. The molecule has 2 aromatic rings. The number of benzene rings is 1. The molecule has 7 heteroatoms. The summed E-state index contributed by atoms with van der Waals surface area (Å²) in [4.78, 5) is 28.3. The molecule has 0 saturated carbocycles. The predicted octanol–water partition coefficient (Wildman–Crippen LogP) is 2.92. The van der Waals surface area contributed by atoms with Gasteiger partial charge in [-0.3, -0.25) is 19.9 Å². The van der Waals surface area contributed by atoms with E-state index in [2.05, 4.69) is 4.98 Å². The van der Waals surface area contributed by atoms with Crippen LogP contribution >= 0.6 is 0 Å². The number of carbonyl (C=O) groups is 1. The van der Waals surface area contributed by atoms with E-state index < -0.39 is 16.4 Å². The third kappa shape index (κ3) is 3.45. The van der Waals surface area contributed by atoms with Crippen LogP contribution in [0.2, 0.25) is 0 Å². The Morgan fingerprint density at radius 2 is 2.17 bits per heavy atom. The van der Waals surface area contributed by atoms with Gasteiger partial charge in [0.1, 0.15) is 0 Å². The zero-order chi connectivity index (χ0) is 17.0. The maximum absolute atomic E-state index is 12.6. The van der Waals surface area contributed by atoms with E-state index in [-0.39, 0.29) is 17.5 Å². The third-order valence-electron chi connectivity index (χ3n) is 3.65. The standard InChI is InChI=1S/C16H17N3O4/c1-3-18(11(2)13-5-4-8-17-10-13)16(21)12-6-7-14(19(22)23)15(20)9-12/h4-11,20H,3H2,1-2H3/t11-/m0/s1. The molecule has 0 aliphatic heterocycles. The Morgan fingerprint density at radius 1 is 1.43 bits per heavy atom. The van der Waals surface area contributed by atoms with Crippen molar-refractivity contribution in [3.8, 4) is 5.75 Å². The molecule has 0 bridgehead atoms. The Hall–Kier alpha value is -2.96. The van der Waals surface area contributed by atoms with Gasteiger partial charge in [-0.2, -0.15) is 0 Å². The number of amides is 1. The van der Waals surface area contributed by atoms with Gasteiger partial charge in [0.15, 0.2) is 5.75 Å². The van der Waals surface area contributed by atoms with Crippen molar-refractivity contribution in [3.63, 3.8) is 0 Å². The van der Waals surface area contributed by atoms with Gasteiger partial charge in [-0.05, 0) is 37.6 Å². The molecular formula is C16H17N3O4. The monoisotopic (exact) mass is 315 g/mol. The first-order valence-corrected chi connectivity index (χ1v) is 7.14. The summed E-state index contributed by atoms with van der Waals surface area (Å²) in [6.45, 7) is 4.17. The second-order valence-corrected chi connectivity index (χ2v) is 5.01. The van der Waals surface area contributed by atoms with E-state index in [1.807, 2.05) is 19.9 Å². The topological polar surface area (TPSA) is 96.6 Å². The number of hydrogen-bond donors (Lipinski definition) is 1. The molecule has 1 aromatic carbocycles. The lowest BCUT2D eigenvalue weighted by molar-refractivity contribution is -0.385. The van der Waals surface area contributed by atoms with Crippen molar-refractivity contribution in [3.05, 3.63) is 64.0 Å². The minimum absolute atomic E-state index is 0.200. The van der Waals surface area contributed by atoms with E-state index in [0.717, 1.165) is 17.7 Å². The van der Waals surface area contributed by atoms with Crippen LogP contribution in [0.4, 0.5) is 5.69 Å². The smallest absolute Gasteiger partial charge is 0.310 e. The molecule has 2 rings (SSSR count). The van der Waals surface area contributed by atoms with Gasteiger partial charge in [-0.1, -0.05) is 6.07 Å². The lowest BCUT2D eigenvalue weighted by atomic mass is 10.1. The minimum atomic E-state index is -0.695. The number of phenols is 1. The molecule has 0 radical (unpaired) electrons. The summed E-state index contributed by atoms with van der Waals surface area (Å²) >= 11 is 0. The summed E-state index contributed by atoms with van der Waals surface area (Å²) in [6.07, 6.45) is 3.34. The van der Waals surface area contributed by atoms with Crippen molar-refractivity contribution in [2.24, 2.45) is 0 Å². The van der Waals surface area contributed by atoms with Crippen LogP contribution in [-0.4, -0.2) is 32.4 Å². The van der Waals surface area contributed by atoms with Crippen LogP contribution in [-0.2, 0) is 0 Å². The van der Waals surface area contributed by atoms with Crippen LogP contribution in [0.5, 0.6) is 5.75 Å². The highest BCUT2D eigenvalue weighted by Gasteiger charge is 2.23. The number of hydrogen-bond acceptors (Lipinski definition) is 5. The van der Waals surface area contributed by atoms with Crippen molar-refractivity contribution in [1.82, 2.24) is 9.88 Å². The lowest BCUT2D eigenvalue weighted by Crippen LogP contribution is -2.33. The van der Waals surface area contributed by atoms with Crippen molar-refractivity contribution >= 4 is 11.6 Å². The highest BCUT2D eigenvalue weighted by Crippen LogP contribution is 2.28. The molecule has 1 heterocycles. The largest absolute Gasteiger partial charge is 0.502 e. The van der Waals surface area contributed by atoms with Gasteiger partial charge in [0.2, 0.25) is 0 Å². The molecular weight excluding hydrogens is 298 g/mol. The summed E-state index contributed by atoms with van der Waals surface area (Å²) in [5.74, 6) is -0.833. The van der Waals surface area contributed by atoms with E-state index in [9.17, 15) is 20.0 Å². The molecule has 23 heavy (non-hydrogen) atoms. The number of carbonyl (C=O) groups excluding carboxylic acids is 1. The molecule has 0 saturated heterocycles. The van der Waals surface area contributed by atoms with Crippen molar-refractivity contribution in [2.45, 2.75) is 19.9 Å². The van der Waals surface area contributed by atoms with Crippen LogP contribution < -0.4 is 0 Å². The summed E-state index contributed by atoms with van der Waals surface area (Å²) in [5, 5.41) is 20.4. The van der Waals surface area contributed by atoms with Crippen LogP contribution in [0.25, 0.3) is 0 Å². The second kappa shape index (κ2) is 6.87. The van der Waals surface area contributed by atoms with Crippen LogP contribution in [0.15, 0.2) is 42.7 Å². The first-order chi connectivity index (χ1) is 11.0. The molecule has 7 nitrogen and oxygen atoms in total. The Balaban J connectivity index is 2.30. The van der Waals surface area contributed by atoms with Gasteiger partial charge < -0.3 is 10.0 Å². The molecule has 0 spiro atoms. The first-order valence-electron chi connectivity index (χ1n) is 7.14. The molecule has 0 unspecified atom stereocenters. The SMILES string of the molecule is CCN(C(=O)c1ccc([N+](=O)[O-])c(O)c1)[C@@H](C)c1cccnc1. The molecule has 0 aliphatic carbocycles. The summed E-state index contributed by atoms with van der Waals surface area (Å²) in [7, 11) is 0. The predicted molar refractivity (Wildman–Crippen MR) is 84.1 cm³/mol. The maximum atomic E-state index is 12.6. The molecule has 1 N–H and O–H groups in total. The average molecular weight is 315 g/mol. The second-order valence-electron chi connectivity index (χ2n) is 5.01. The van der Waals surface area contributed by atoms with Crippen LogP contribution in [0, 0.1) is 10.1 Å². The van der Waals surface area contributed by atoms with Crippen molar-refractivity contribution in [1.29, 1.82) is 0 Å². The Morgan fingerprint density at radius 3 is 2.70 bits per heavy atom. The Kier molecular flexibility index (Phi) is 4.90. The Bertz CT molecular complexity index is 719. The number of aromatic hydroxyl groups is 1. The number of phenolic OH excluding ortho intramolecular Hbond substituents is 1. The lowest BCUT2D eigenvalue weighted by Gasteiger charge is -2.28. The van der Waals surface area contributed by atoms with E-state index >= 15 is 0 Å². The normalized spacial score (nSPS) is 11.7. The molecule has 1 aromatic heterocycles. The number of rotatable bonds is 5. The number of pyridine rings is 1. The average Bonchev–Trinajstić information content (AvgIpc) is 2.55. The van der Waals surface area contributed by atoms with E-state index in [1.165, 1.54) is 6.07 Å². The fraction of sp³-hybridized carbons (Fsp3) is 0.250. The van der Waals surface area contributed by atoms with Crippen molar-refractivity contribution < 1.29 is 14.8 Å². The van der Waals surface area contributed by atoms with E-state index in [4.69, 9.17) is 0 Å². The number of aromatic nitrogens is 1. The minimum Gasteiger partial charge on any atom is -0.502 e. The molecule has 0 fully saturated rings. The highest BCUT2D eigenvalue weighted by atomic mass is 16.6. The molecule has 1 atom stereocenters. The van der Waals surface area contributed by atoms with E-state index in [1.54, 1.807) is 23.4 Å². The molecule has 1 amide bonds. The zero-order valence-electron chi connectivity index (χ0n) is 12.8. The van der Waals surface area contributed by atoms with Gasteiger partial charge in [0, 0.05) is 30.6 Å². The summed E-state index contributed by atoms with van der Waals surface area (Å²) in [6, 6.07) is 7.06. The molecule has 120 valence electrons. The maximum Gasteiger partial charge on any atom is 0.310 e. The number of nitrogens with zero attached hydrogens (tertiary/aromatic N) is 3. The van der Waals surface area contributed by atoms with Crippen molar-refractivity contribution in [2.75, 3.05) is 6.54 Å². The quantitative estimate of drug-likeness (QED) is 0.676. The molecule has 0 aliphatic rings. The van der Waals surface area contributed by atoms with Crippen LogP contribution in [0.3, 0.4) is 0 Å². The zero-order valence-corrected chi connectivity index (χ0v) is 12.8. The van der Waals surface area contributed by atoms with Gasteiger partial charge in [-0.15, -0.1) is 0 Å². The fourth-order valence-electron chi connectivity index (χ4n) is 2.37. The van der Waals surface area contributed by atoms with Gasteiger partial charge in [0.25, 0.3) is 5.91 Å².